The normalized spacial score (nSPS) is 12.3. The number of benzene rings is 1. The highest BCUT2D eigenvalue weighted by Gasteiger charge is 2.35. The number of sulfonamides is 1. The summed E-state index contributed by atoms with van der Waals surface area (Å²) in [7, 11) is -2.59. The zero-order valence-corrected chi connectivity index (χ0v) is 11.3. The van der Waals surface area contributed by atoms with Crippen LogP contribution in [0.2, 0.25) is 0 Å². The van der Waals surface area contributed by atoms with Crippen LogP contribution < -0.4 is 9.04 Å². The van der Waals surface area contributed by atoms with Crippen molar-refractivity contribution in [2.24, 2.45) is 0 Å². The first-order valence-electron chi connectivity index (χ1n) is 5.41. The van der Waals surface area contributed by atoms with E-state index >= 15 is 0 Å². The molecule has 0 fully saturated rings. The van der Waals surface area contributed by atoms with Crippen LogP contribution in [0.5, 0.6) is 5.75 Å². The minimum absolute atomic E-state index is 0.0417. The standard InChI is InChI=1S/C11H14F3NO3S/c1-3-19(16,17)15(8-11(12,13)14)9-4-6-10(18-2)7-5-9/h4-7H,3,8H2,1-2H3. The molecule has 0 amide bonds. The summed E-state index contributed by atoms with van der Waals surface area (Å²) in [6.07, 6.45) is -4.61. The van der Waals surface area contributed by atoms with Crippen LogP contribution >= 0.6 is 0 Å². The van der Waals surface area contributed by atoms with Gasteiger partial charge in [-0.1, -0.05) is 0 Å². The number of halogens is 3. The highest BCUT2D eigenvalue weighted by Crippen LogP contribution is 2.26. The predicted molar refractivity (Wildman–Crippen MR) is 65.9 cm³/mol. The van der Waals surface area contributed by atoms with Crippen LogP contribution in [0.1, 0.15) is 6.92 Å². The molecule has 0 atom stereocenters. The number of rotatable bonds is 5. The van der Waals surface area contributed by atoms with E-state index in [1.54, 1.807) is 0 Å². The highest BCUT2D eigenvalue weighted by atomic mass is 32.2. The van der Waals surface area contributed by atoms with E-state index in [0.29, 0.717) is 10.1 Å². The lowest BCUT2D eigenvalue weighted by molar-refractivity contribution is -0.117. The molecule has 108 valence electrons. The van der Waals surface area contributed by atoms with Crippen molar-refractivity contribution in [1.82, 2.24) is 0 Å². The lowest BCUT2D eigenvalue weighted by Gasteiger charge is -2.25. The van der Waals surface area contributed by atoms with Crippen molar-refractivity contribution in [3.05, 3.63) is 24.3 Å². The lowest BCUT2D eigenvalue weighted by atomic mass is 10.3. The molecule has 0 aliphatic carbocycles. The van der Waals surface area contributed by atoms with Gasteiger partial charge in [0.05, 0.1) is 18.6 Å². The molecule has 1 rings (SSSR count). The quantitative estimate of drug-likeness (QED) is 0.838. The molecule has 0 aromatic heterocycles. The van der Waals surface area contributed by atoms with Crippen LogP contribution in [0.3, 0.4) is 0 Å². The summed E-state index contributed by atoms with van der Waals surface area (Å²) in [5.41, 5.74) is -0.0417. The molecule has 19 heavy (non-hydrogen) atoms. The van der Waals surface area contributed by atoms with Gasteiger partial charge in [-0.15, -0.1) is 0 Å². The second-order valence-electron chi connectivity index (χ2n) is 3.72. The van der Waals surface area contributed by atoms with E-state index in [1.807, 2.05) is 0 Å². The number of methoxy groups -OCH3 is 1. The van der Waals surface area contributed by atoms with Gasteiger partial charge in [0, 0.05) is 0 Å². The van der Waals surface area contributed by atoms with Crippen molar-refractivity contribution >= 4 is 15.7 Å². The second kappa shape index (κ2) is 5.68. The van der Waals surface area contributed by atoms with Gasteiger partial charge in [-0.25, -0.2) is 8.42 Å². The molecule has 0 radical (unpaired) electrons. The molecule has 0 unspecified atom stereocenters. The fourth-order valence-corrected chi connectivity index (χ4v) is 2.52. The van der Waals surface area contributed by atoms with Crippen molar-refractivity contribution in [2.75, 3.05) is 23.7 Å². The number of alkyl halides is 3. The van der Waals surface area contributed by atoms with Gasteiger partial charge in [-0.05, 0) is 31.2 Å². The number of anilines is 1. The van der Waals surface area contributed by atoms with E-state index in [2.05, 4.69) is 0 Å². The average Bonchev–Trinajstić information content (AvgIpc) is 2.35. The first-order chi connectivity index (χ1) is 8.69. The fraction of sp³-hybridized carbons (Fsp3) is 0.455. The summed E-state index contributed by atoms with van der Waals surface area (Å²) in [5.74, 6) is 0.0272. The van der Waals surface area contributed by atoms with Gasteiger partial charge in [-0.2, -0.15) is 13.2 Å². The zero-order valence-electron chi connectivity index (χ0n) is 10.4. The van der Waals surface area contributed by atoms with Gasteiger partial charge >= 0.3 is 6.18 Å². The van der Waals surface area contributed by atoms with Crippen molar-refractivity contribution in [2.45, 2.75) is 13.1 Å². The van der Waals surface area contributed by atoms with Crippen molar-refractivity contribution < 1.29 is 26.3 Å². The molecule has 0 aliphatic heterocycles. The molecular weight excluding hydrogens is 283 g/mol. The lowest BCUT2D eigenvalue weighted by Crippen LogP contribution is -2.39. The Hall–Kier alpha value is -1.44. The van der Waals surface area contributed by atoms with Crippen molar-refractivity contribution in [3.8, 4) is 5.75 Å². The fourth-order valence-electron chi connectivity index (χ4n) is 1.42. The predicted octanol–water partition coefficient (Wildman–Crippen LogP) is 2.41. The summed E-state index contributed by atoms with van der Waals surface area (Å²) in [6, 6.07) is 5.36. The topological polar surface area (TPSA) is 46.6 Å². The Morgan fingerprint density at radius 3 is 2.11 bits per heavy atom. The van der Waals surface area contributed by atoms with E-state index in [-0.39, 0.29) is 5.69 Å². The van der Waals surface area contributed by atoms with E-state index in [1.165, 1.54) is 38.3 Å². The highest BCUT2D eigenvalue weighted by molar-refractivity contribution is 7.92. The minimum Gasteiger partial charge on any atom is -0.497 e. The maximum absolute atomic E-state index is 12.5. The maximum atomic E-state index is 12.5. The molecule has 0 heterocycles. The molecule has 0 N–H and O–H groups in total. The average molecular weight is 297 g/mol. The van der Waals surface area contributed by atoms with Gasteiger partial charge in [-0.3, -0.25) is 4.31 Å². The van der Waals surface area contributed by atoms with Crippen LogP contribution in [-0.2, 0) is 10.0 Å². The Balaban J connectivity index is 3.15. The van der Waals surface area contributed by atoms with Gasteiger partial charge in [0.2, 0.25) is 10.0 Å². The van der Waals surface area contributed by atoms with E-state index in [0.717, 1.165) is 0 Å². The van der Waals surface area contributed by atoms with Crippen molar-refractivity contribution in [3.63, 3.8) is 0 Å². The van der Waals surface area contributed by atoms with Gasteiger partial charge < -0.3 is 4.74 Å². The van der Waals surface area contributed by atoms with Crippen LogP contribution in [0, 0.1) is 0 Å². The van der Waals surface area contributed by atoms with Crippen LogP contribution in [0.15, 0.2) is 24.3 Å². The molecule has 1 aromatic rings. The molecule has 0 saturated carbocycles. The molecule has 0 bridgehead atoms. The Labute approximate surface area is 109 Å². The molecule has 4 nitrogen and oxygen atoms in total. The molecule has 0 spiro atoms. The Morgan fingerprint density at radius 1 is 1.21 bits per heavy atom. The van der Waals surface area contributed by atoms with Crippen LogP contribution in [0.4, 0.5) is 18.9 Å². The van der Waals surface area contributed by atoms with Crippen molar-refractivity contribution in [1.29, 1.82) is 0 Å². The molecule has 0 aliphatic rings. The summed E-state index contributed by atoms with van der Waals surface area (Å²) in [4.78, 5) is 0. The van der Waals surface area contributed by atoms with E-state index in [9.17, 15) is 21.6 Å². The monoisotopic (exact) mass is 297 g/mol. The Bertz CT molecular complexity index is 511. The summed E-state index contributed by atoms with van der Waals surface area (Å²) >= 11 is 0. The van der Waals surface area contributed by atoms with E-state index < -0.39 is 28.5 Å². The van der Waals surface area contributed by atoms with Gasteiger partial charge in [0.15, 0.2) is 0 Å². The molecule has 1 aromatic carbocycles. The van der Waals surface area contributed by atoms with Gasteiger partial charge in [0.25, 0.3) is 0 Å². The summed E-state index contributed by atoms with van der Waals surface area (Å²) < 4.78 is 66.1. The van der Waals surface area contributed by atoms with Crippen LogP contribution in [0.25, 0.3) is 0 Å². The number of hydrogen-bond donors (Lipinski definition) is 0. The third kappa shape index (κ3) is 4.30. The van der Waals surface area contributed by atoms with E-state index in [4.69, 9.17) is 4.74 Å². The molecular formula is C11H14F3NO3S. The number of ether oxygens (including phenoxy) is 1. The second-order valence-corrected chi connectivity index (χ2v) is 5.90. The Kier molecular flexibility index (Phi) is 4.67. The molecule has 8 heteroatoms. The minimum atomic E-state index is -4.61. The smallest absolute Gasteiger partial charge is 0.407 e. The number of hydrogen-bond acceptors (Lipinski definition) is 3. The third-order valence-electron chi connectivity index (χ3n) is 2.38. The first kappa shape index (κ1) is 15.6. The third-order valence-corrected chi connectivity index (χ3v) is 4.12. The Morgan fingerprint density at radius 2 is 1.74 bits per heavy atom. The summed E-state index contributed by atoms with van der Waals surface area (Å²) in [6.45, 7) is -0.252. The SMILES string of the molecule is CCS(=O)(=O)N(CC(F)(F)F)c1ccc(OC)cc1. The molecule has 0 saturated heterocycles. The van der Waals surface area contributed by atoms with Crippen LogP contribution in [-0.4, -0.2) is 34.0 Å². The maximum Gasteiger partial charge on any atom is 0.407 e. The summed E-state index contributed by atoms with van der Waals surface area (Å²) in [5, 5.41) is 0. The first-order valence-corrected chi connectivity index (χ1v) is 7.01. The number of nitrogens with zero attached hydrogens (tertiary/aromatic N) is 1. The largest absolute Gasteiger partial charge is 0.497 e. The van der Waals surface area contributed by atoms with Gasteiger partial charge in [0.1, 0.15) is 12.3 Å². The zero-order chi connectivity index (χ0) is 14.7.